The summed E-state index contributed by atoms with van der Waals surface area (Å²) in [6, 6.07) is 10.5. The van der Waals surface area contributed by atoms with E-state index in [2.05, 4.69) is 41.3 Å². The van der Waals surface area contributed by atoms with Crippen molar-refractivity contribution in [3.8, 4) is 11.3 Å². The molecule has 0 unspecified atom stereocenters. The Hall–Kier alpha value is -2.07. The average molecular weight is 254 g/mol. The Balaban J connectivity index is 2.26. The summed E-state index contributed by atoms with van der Waals surface area (Å²) in [6.07, 6.45) is 0. The van der Waals surface area contributed by atoms with Crippen molar-refractivity contribution in [3.05, 3.63) is 41.7 Å². The molecule has 0 bridgehead atoms. The zero-order valence-corrected chi connectivity index (χ0v) is 11.3. The van der Waals surface area contributed by atoms with E-state index in [4.69, 9.17) is 5.73 Å². The molecular formula is C15H18N4. The van der Waals surface area contributed by atoms with Gasteiger partial charge in [-0.15, -0.1) is 0 Å². The molecule has 3 aromatic rings. The van der Waals surface area contributed by atoms with Crippen LogP contribution in [0.4, 0.5) is 0 Å². The topological polar surface area (TPSA) is 59.6 Å². The van der Waals surface area contributed by atoms with Gasteiger partial charge in [-0.25, -0.2) is 0 Å². The molecule has 2 aromatic heterocycles. The largest absolute Gasteiger partial charge is 0.358 e. The van der Waals surface area contributed by atoms with Crippen molar-refractivity contribution in [1.82, 2.24) is 14.8 Å². The highest BCUT2D eigenvalue weighted by Gasteiger charge is 2.15. The predicted octanol–water partition coefficient (Wildman–Crippen LogP) is 2.61. The molecule has 98 valence electrons. The van der Waals surface area contributed by atoms with Crippen LogP contribution < -0.4 is 5.73 Å². The lowest BCUT2D eigenvalue weighted by atomic mass is 10.1. The normalized spacial score (nSPS) is 11.3. The van der Waals surface area contributed by atoms with Gasteiger partial charge in [0, 0.05) is 28.7 Å². The van der Waals surface area contributed by atoms with Crippen LogP contribution in [-0.4, -0.2) is 21.3 Å². The zero-order valence-electron chi connectivity index (χ0n) is 11.3. The molecule has 0 saturated heterocycles. The van der Waals surface area contributed by atoms with Crippen molar-refractivity contribution in [1.29, 1.82) is 0 Å². The Kier molecular flexibility index (Phi) is 2.87. The van der Waals surface area contributed by atoms with E-state index in [0.717, 1.165) is 23.4 Å². The number of aryl methyl sites for hydroxylation is 2. The van der Waals surface area contributed by atoms with E-state index in [1.165, 1.54) is 16.6 Å². The van der Waals surface area contributed by atoms with Gasteiger partial charge in [-0.3, -0.25) is 4.68 Å². The highest BCUT2D eigenvalue weighted by Crippen LogP contribution is 2.32. The number of para-hydroxylation sites is 1. The lowest BCUT2D eigenvalue weighted by Crippen LogP contribution is -2.12. The van der Waals surface area contributed by atoms with Gasteiger partial charge in [0.25, 0.3) is 0 Å². The number of aromatic amines is 1. The molecule has 19 heavy (non-hydrogen) atoms. The van der Waals surface area contributed by atoms with Gasteiger partial charge in [0.1, 0.15) is 0 Å². The van der Waals surface area contributed by atoms with Crippen molar-refractivity contribution < 1.29 is 0 Å². The van der Waals surface area contributed by atoms with Gasteiger partial charge in [0.15, 0.2) is 0 Å². The summed E-state index contributed by atoms with van der Waals surface area (Å²) in [4.78, 5) is 3.43. The summed E-state index contributed by atoms with van der Waals surface area (Å²) in [7, 11) is 0. The first-order chi connectivity index (χ1) is 9.20. The van der Waals surface area contributed by atoms with Crippen LogP contribution in [0.3, 0.4) is 0 Å². The molecule has 0 radical (unpaired) electrons. The molecule has 4 nitrogen and oxygen atoms in total. The summed E-state index contributed by atoms with van der Waals surface area (Å²) in [5.41, 5.74) is 11.4. The molecule has 0 saturated carbocycles. The predicted molar refractivity (Wildman–Crippen MR) is 78.0 cm³/mol. The third kappa shape index (κ3) is 1.94. The number of nitrogens with two attached hydrogens (primary N) is 1. The van der Waals surface area contributed by atoms with E-state index < -0.39 is 0 Å². The van der Waals surface area contributed by atoms with Crippen molar-refractivity contribution in [2.45, 2.75) is 20.4 Å². The van der Waals surface area contributed by atoms with Gasteiger partial charge < -0.3 is 10.7 Å². The van der Waals surface area contributed by atoms with Gasteiger partial charge in [-0.2, -0.15) is 5.10 Å². The molecular weight excluding hydrogens is 236 g/mol. The summed E-state index contributed by atoms with van der Waals surface area (Å²) in [5, 5.41) is 5.76. The number of hydrogen-bond acceptors (Lipinski definition) is 2. The minimum atomic E-state index is 0.593. The van der Waals surface area contributed by atoms with Crippen LogP contribution in [0, 0.1) is 13.8 Å². The van der Waals surface area contributed by atoms with Gasteiger partial charge in [-0.05, 0) is 26.0 Å². The monoisotopic (exact) mass is 254 g/mol. The molecule has 0 atom stereocenters. The van der Waals surface area contributed by atoms with Crippen molar-refractivity contribution in [3.63, 3.8) is 0 Å². The molecule has 2 heterocycles. The number of hydrogen-bond donors (Lipinski definition) is 2. The van der Waals surface area contributed by atoms with E-state index in [9.17, 15) is 0 Å². The third-order valence-corrected chi connectivity index (χ3v) is 3.39. The maximum Gasteiger partial charge on any atom is 0.0709 e. The van der Waals surface area contributed by atoms with Crippen LogP contribution in [0.1, 0.15) is 11.4 Å². The number of fused-ring (bicyclic) bond motifs is 1. The fraction of sp³-hybridized carbons (Fsp3) is 0.267. The lowest BCUT2D eigenvalue weighted by molar-refractivity contribution is 0.626. The molecule has 0 spiro atoms. The molecule has 0 aliphatic rings. The Labute approximate surface area is 112 Å². The number of aromatic nitrogens is 3. The summed E-state index contributed by atoms with van der Waals surface area (Å²) in [5.74, 6) is 0. The molecule has 0 aliphatic carbocycles. The molecule has 1 aromatic carbocycles. The maximum absolute atomic E-state index is 5.67. The number of benzene rings is 1. The Bertz CT molecular complexity index is 721. The third-order valence-electron chi connectivity index (χ3n) is 3.39. The van der Waals surface area contributed by atoms with E-state index in [0.29, 0.717) is 6.54 Å². The van der Waals surface area contributed by atoms with Crippen molar-refractivity contribution in [2.24, 2.45) is 5.73 Å². The average Bonchev–Trinajstić information content (AvgIpc) is 2.89. The van der Waals surface area contributed by atoms with E-state index in [1.807, 2.05) is 17.7 Å². The number of nitrogens with one attached hydrogen (secondary N) is 1. The van der Waals surface area contributed by atoms with E-state index in [-0.39, 0.29) is 0 Å². The summed E-state index contributed by atoms with van der Waals surface area (Å²) in [6.45, 7) is 5.45. The molecule has 3 rings (SSSR count). The van der Waals surface area contributed by atoms with E-state index >= 15 is 0 Å². The molecule has 0 fully saturated rings. The van der Waals surface area contributed by atoms with Gasteiger partial charge in [-0.1, -0.05) is 18.2 Å². The molecule has 3 N–H and O–H groups in total. The quantitative estimate of drug-likeness (QED) is 0.754. The van der Waals surface area contributed by atoms with Crippen molar-refractivity contribution in [2.75, 3.05) is 6.54 Å². The zero-order chi connectivity index (χ0) is 13.4. The van der Waals surface area contributed by atoms with Crippen LogP contribution in [0.15, 0.2) is 30.3 Å². The smallest absolute Gasteiger partial charge is 0.0709 e. The van der Waals surface area contributed by atoms with Gasteiger partial charge >= 0.3 is 0 Å². The molecule has 4 heteroatoms. The minimum absolute atomic E-state index is 0.593. The number of rotatable bonds is 3. The highest BCUT2D eigenvalue weighted by atomic mass is 15.3. The Morgan fingerprint density at radius 1 is 1.26 bits per heavy atom. The van der Waals surface area contributed by atoms with Crippen LogP contribution in [-0.2, 0) is 6.54 Å². The summed E-state index contributed by atoms with van der Waals surface area (Å²) < 4.78 is 2.00. The maximum atomic E-state index is 5.67. The molecule has 0 aliphatic heterocycles. The second-order valence-electron chi connectivity index (χ2n) is 4.85. The van der Waals surface area contributed by atoms with Crippen molar-refractivity contribution >= 4 is 10.9 Å². The SMILES string of the molecule is Cc1cc(-c2c(C)[nH]c3ccccc23)n(CCN)n1. The number of nitrogens with zero attached hydrogens (tertiary/aromatic N) is 2. The molecule has 0 amide bonds. The highest BCUT2D eigenvalue weighted by molar-refractivity contribution is 5.96. The minimum Gasteiger partial charge on any atom is -0.358 e. The van der Waals surface area contributed by atoms with Crippen LogP contribution in [0.25, 0.3) is 22.2 Å². The van der Waals surface area contributed by atoms with Crippen LogP contribution >= 0.6 is 0 Å². The number of H-pyrrole nitrogens is 1. The Morgan fingerprint density at radius 2 is 2.05 bits per heavy atom. The summed E-state index contributed by atoms with van der Waals surface area (Å²) >= 11 is 0. The fourth-order valence-electron chi connectivity index (χ4n) is 2.65. The second kappa shape index (κ2) is 4.55. The Morgan fingerprint density at radius 3 is 2.84 bits per heavy atom. The standard InChI is InChI=1S/C15H18N4/c1-10-9-14(19(18-10)8-7-16)15-11(2)17-13-6-4-3-5-12(13)15/h3-6,9,17H,7-8,16H2,1-2H3. The first-order valence-corrected chi connectivity index (χ1v) is 6.53. The van der Waals surface area contributed by atoms with E-state index in [1.54, 1.807) is 0 Å². The fourth-order valence-corrected chi connectivity index (χ4v) is 2.65. The van der Waals surface area contributed by atoms with Crippen LogP contribution in [0.5, 0.6) is 0 Å². The first-order valence-electron chi connectivity index (χ1n) is 6.53. The van der Waals surface area contributed by atoms with Crippen LogP contribution in [0.2, 0.25) is 0 Å². The second-order valence-corrected chi connectivity index (χ2v) is 4.85. The lowest BCUT2D eigenvalue weighted by Gasteiger charge is -2.06. The first kappa shape index (κ1) is 12.0. The van der Waals surface area contributed by atoms with Gasteiger partial charge in [0.2, 0.25) is 0 Å². The van der Waals surface area contributed by atoms with Gasteiger partial charge in [0.05, 0.1) is 17.9 Å².